The van der Waals surface area contributed by atoms with Gasteiger partial charge in [0.05, 0.1) is 10.6 Å². The summed E-state index contributed by atoms with van der Waals surface area (Å²) in [5.74, 6) is 0. The molecule has 10 heteroatoms. The Labute approximate surface area is 149 Å². The lowest BCUT2D eigenvalue weighted by atomic mass is 10.1. The number of hydrogen-bond acceptors (Lipinski definition) is 3. The number of alkyl halides is 3. The number of hydrogen-bond donors (Lipinski definition) is 1. The van der Waals surface area contributed by atoms with Gasteiger partial charge in [-0.2, -0.15) is 17.5 Å². The maximum absolute atomic E-state index is 12.9. The van der Waals surface area contributed by atoms with Crippen LogP contribution in [0.1, 0.15) is 24.8 Å². The average Bonchev–Trinajstić information content (AvgIpc) is 2.71. The Bertz CT molecular complexity index is 698. The minimum Gasteiger partial charge on any atom is -0.315 e. The van der Waals surface area contributed by atoms with E-state index in [0.29, 0.717) is 32.0 Å². The highest BCUT2D eigenvalue weighted by atomic mass is 35.5. The third kappa shape index (κ3) is 3.53. The summed E-state index contributed by atoms with van der Waals surface area (Å²) in [7, 11) is -4.07. The van der Waals surface area contributed by atoms with E-state index in [-0.39, 0.29) is 29.5 Å². The van der Waals surface area contributed by atoms with Crippen LogP contribution in [0.15, 0.2) is 23.1 Å². The van der Waals surface area contributed by atoms with Crippen molar-refractivity contribution >= 4 is 34.0 Å². The lowest BCUT2D eigenvalue weighted by Gasteiger charge is -2.27. The highest BCUT2D eigenvalue weighted by Gasteiger charge is 2.44. The van der Waals surface area contributed by atoms with Crippen molar-refractivity contribution in [3.8, 4) is 0 Å². The molecule has 24 heavy (non-hydrogen) atoms. The second-order valence-electron chi connectivity index (χ2n) is 5.86. The van der Waals surface area contributed by atoms with Crippen LogP contribution in [0.3, 0.4) is 0 Å². The summed E-state index contributed by atoms with van der Waals surface area (Å²) in [5, 5.41) is 2.98. The van der Waals surface area contributed by atoms with E-state index in [1.165, 1.54) is 4.31 Å². The first kappa shape index (κ1) is 19.8. The van der Waals surface area contributed by atoms with Crippen LogP contribution in [-0.4, -0.2) is 37.9 Å². The van der Waals surface area contributed by atoms with Crippen LogP contribution in [0.4, 0.5) is 13.2 Å². The quantitative estimate of drug-likeness (QED) is 0.822. The molecule has 2 saturated heterocycles. The fourth-order valence-electron chi connectivity index (χ4n) is 3.32. The number of halogens is 5. The van der Waals surface area contributed by atoms with Crippen LogP contribution in [0, 0.1) is 0 Å². The molecule has 0 amide bonds. The van der Waals surface area contributed by atoms with Gasteiger partial charge in [0.15, 0.2) is 0 Å². The second kappa shape index (κ2) is 6.99. The molecule has 1 aromatic carbocycles. The zero-order valence-electron chi connectivity index (χ0n) is 12.5. The highest BCUT2D eigenvalue weighted by Crippen LogP contribution is 2.38. The molecule has 3 rings (SSSR count). The monoisotopic (exact) mass is 404 g/mol. The van der Waals surface area contributed by atoms with Gasteiger partial charge in [0.1, 0.15) is 4.90 Å². The smallest absolute Gasteiger partial charge is 0.315 e. The van der Waals surface area contributed by atoms with Gasteiger partial charge in [-0.05, 0) is 44.0 Å². The van der Waals surface area contributed by atoms with E-state index in [0.717, 1.165) is 18.6 Å². The molecule has 2 bridgehead atoms. The lowest BCUT2D eigenvalue weighted by molar-refractivity contribution is -0.137. The summed E-state index contributed by atoms with van der Waals surface area (Å²) in [5.41, 5.74) is -1.01. The van der Waals surface area contributed by atoms with Crippen LogP contribution < -0.4 is 5.32 Å². The largest absolute Gasteiger partial charge is 0.416 e. The molecule has 0 spiro atoms. The van der Waals surface area contributed by atoms with E-state index < -0.39 is 26.7 Å². The van der Waals surface area contributed by atoms with Crippen LogP contribution in [0.2, 0.25) is 5.02 Å². The number of benzene rings is 1. The molecular formula is C14H17Cl2F3N2O2S. The van der Waals surface area contributed by atoms with Gasteiger partial charge in [0, 0.05) is 18.6 Å². The van der Waals surface area contributed by atoms with Gasteiger partial charge in [0.2, 0.25) is 10.0 Å². The number of sulfonamides is 1. The van der Waals surface area contributed by atoms with Gasteiger partial charge >= 0.3 is 6.18 Å². The molecule has 2 unspecified atom stereocenters. The van der Waals surface area contributed by atoms with Crippen molar-refractivity contribution in [2.45, 2.75) is 42.4 Å². The summed E-state index contributed by atoms with van der Waals surface area (Å²) < 4.78 is 65.9. The predicted octanol–water partition coefficient (Wildman–Crippen LogP) is 3.30. The second-order valence-corrected chi connectivity index (χ2v) is 8.07. The van der Waals surface area contributed by atoms with Gasteiger partial charge in [-0.25, -0.2) is 8.42 Å². The Hall–Kier alpha value is -0.540. The Balaban J connectivity index is 0.00000208. The molecule has 2 fully saturated rings. The van der Waals surface area contributed by atoms with Crippen LogP contribution in [0.5, 0.6) is 0 Å². The van der Waals surface area contributed by atoms with Crippen molar-refractivity contribution in [3.63, 3.8) is 0 Å². The number of nitrogens with one attached hydrogen (secondary N) is 1. The lowest BCUT2D eigenvalue weighted by Crippen LogP contribution is -2.42. The Kier molecular flexibility index (Phi) is 5.76. The van der Waals surface area contributed by atoms with E-state index in [2.05, 4.69) is 5.32 Å². The molecule has 1 aromatic rings. The molecule has 2 heterocycles. The first-order valence-corrected chi connectivity index (χ1v) is 9.14. The fourth-order valence-corrected chi connectivity index (χ4v) is 5.73. The van der Waals surface area contributed by atoms with Crippen molar-refractivity contribution in [2.24, 2.45) is 0 Å². The standard InChI is InChI=1S/C14H16ClF3N2O2S.ClH/c15-12-4-1-9(14(16,17)18)7-13(12)23(21,22)20-10-2-3-11(20)8-19-6-5-10;/h1,4,7,10-11,19H,2-3,5-6,8H2;1H. The van der Waals surface area contributed by atoms with Crippen LogP contribution in [-0.2, 0) is 16.2 Å². The molecular weight excluding hydrogens is 388 g/mol. The van der Waals surface area contributed by atoms with Gasteiger partial charge in [-0.3, -0.25) is 0 Å². The minimum absolute atomic E-state index is 0. The minimum atomic E-state index is -4.62. The van der Waals surface area contributed by atoms with E-state index >= 15 is 0 Å². The van der Waals surface area contributed by atoms with Crippen molar-refractivity contribution in [1.29, 1.82) is 0 Å². The Morgan fingerprint density at radius 3 is 2.50 bits per heavy atom. The molecule has 4 nitrogen and oxygen atoms in total. The van der Waals surface area contributed by atoms with Crippen LogP contribution in [0.25, 0.3) is 0 Å². The number of nitrogens with zero attached hydrogens (tertiary/aromatic N) is 1. The molecule has 0 saturated carbocycles. The maximum Gasteiger partial charge on any atom is 0.416 e. The number of rotatable bonds is 2. The van der Waals surface area contributed by atoms with E-state index in [1.807, 2.05) is 0 Å². The summed E-state index contributed by atoms with van der Waals surface area (Å²) in [6.07, 6.45) is -2.55. The zero-order valence-corrected chi connectivity index (χ0v) is 14.9. The van der Waals surface area contributed by atoms with Gasteiger partial charge < -0.3 is 5.32 Å². The molecule has 2 aliphatic rings. The molecule has 0 radical (unpaired) electrons. The summed E-state index contributed by atoms with van der Waals surface area (Å²) in [6.45, 7) is 1.20. The summed E-state index contributed by atoms with van der Waals surface area (Å²) in [6, 6.07) is 1.99. The maximum atomic E-state index is 12.9. The molecule has 0 aromatic heterocycles. The predicted molar refractivity (Wildman–Crippen MR) is 87.0 cm³/mol. The zero-order chi connectivity index (χ0) is 16.8. The Morgan fingerprint density at radius 2 is 1.83 bits per heavy atom. The summed E-state index contributed by atoms with van der Waals surface area (Å²) >= 11 is 5.92. The van der Waals surface area contributed by atoms with Crippen molar-refractivity contribution in [3.05, 3.63) is 28.8 Å². The van der Waals surface area contributed by atoms with Gasteiger partial charge in [0.25, 0.3) is 0 Å². The topological polar surface area (TPSA) is 49.4 Å². The highest BCUT2D eigenvalue weighted by molar-refractivity contribution is 7.89. The normalized spacial score (nSPS) is 25.2. The first-order valence-electron chi connectivity index (χ1n) is 7.32. The average molecular weight is 405 g/mol. The first-order chi connectivity index (χ1) is 10.7. The molecule has 2 atom stereocenters. The summed E-state index contributed by atoms with van der Waals surface area (Å²) in [4.78, 5) is -0.465. The van der Waals surface area contributed by atoms with Gasteiger partial charge in [-0.15, -0.1) is 12.4 Å². The van der Waals surface area contributed by atoms with E-state index in [1.54, 1.807) is 0 Å². The van der Waals surface area contributed by atoms with Crippen molar-refractivity contribution in [1.82, 2.24) is 9.62 Å². The molecule has 2 aliphatic heterocycles. The van der Waals surface area contributed by atoms with Crippen LogP contribution >= 0.6 is 24.0 Å². The third-order valence-corrected chi connectivity index (χ3v) is 6.89. The fraction of sp³-hybridized carbons (Fsp3) is 0.571. The number of fused-ring (bicyclic) bond motifs is 2. The molecule has 0 aliphatic carbocycles. The molecule has 1 N–H and O–H groups in total. The van der Waals surface area contributed by atoms with E-state index in [9.17, 15) is 21.6 Å². The van der Waals surface area contributed by atoms with Crippen molar-refractivity contribution in [2.75, 3.05) is 13.1 Å². The molecule has 136 valence electrons. The SMILES string of the molecule is Cl.O=S(=O)(c1cc(C(F)(F)F)ccc1Cl)N1C2CCNCC1CC2. The Morgan fingerprint density at radius 1 is 1.17 bits per heavy atom. The van der Waals surface area contributed by atoms with Gasteiger partial charge in [-0.1, -0.05) is 11.6 Å². The third-order valence-electron chi connectivity index (χ3n) is 4.40. The van der Waals surface area contributed by atoms with Crippen molar-refractivity contribution < 1.29 is 21.6 Å². The van der Waals surface area contributed by atoms with E-state index in [4.69, 9.17) is 11.6 Å².